The molecule has 124 valence electrons. The molecule has 4 nitrogen and oxygen atoms in total. The Hall–Kier alpha value is -2.56. The van der Waals surface area contributed by atoms with Gasteiger partial charge in [-0.1, -0.05) is 18.6 Å². The minimum Gasteiger partial charge on any atom is -0.448 e. The summed E-state index contributed by atoms with van der Waals surface area (Å²) in [4.78, 5) is 12.2. The van der Waals surface area contributed by atoms with Crippen molar-refractivity contribution in [2.75, 3.05) is 5.32 Å². The Morgan fingerprint density at radius 1 is 1.00 bits per heavy atom. The molecule has 5 heteroatoms. The maximum Gasteiger partial charge on any atom is 0.258 e. The van der Waals surface area contributed by atoms with Crippen LogP contribution in [0.5, 0.6) is 11.5 Å². The molecule has 0 unspecified atom stereocenters. The lowest BCUT2D eigenvalue weighted by Gasteiger charge is -2.31. The molecule has 1 fully saturated rings. The summed E-state index contributed by atoms with van der Waals surface area (Å²) in [5.74, 6) is -0.255. The SMILES string of the molecule is O=C(Nc1ccc2c(c1)OC1(CCCCC1)O2)c1ccccc1F. The number of carbonyl (C=O) groups is 1. The second-order valence-corrected chi connectivity index (χ2v) is 6.27. The second kappa shape index (κ2) is 5.82. The standard InChI is InChI=1S/C19H18FNO3/c20-15-7-3-2-6-14(15)18(22)21-13-8-9-16-17(12-13)24-19(23-16)10-4-1-5-11-19/h2-3,6-9,12H,1,4-5,10-11H2,(H,21,22). The first-order chi connectivity index (χ1) is 11.7. The third kappa shape index (κ3) is 2.70. The predicted molar refractivity (Wildman–Crippen MR) is 87.9 cm³/mol. The van der Waals surface area contributed by atoms with E-state index in [-0.39, 0.29) is 5.56 Å². The van der Waals surface area contributed by atoms with Gasteiger partial charge < -0.3 is 14.8 Å². The summed E-state index contributed by atoms with van der Waals surface area (Å²) in [5.41, 5.74) is 0.567. The van der Waals surface area contributed by atoms with Gasteiger partial charge in [0, 0.05) is 24.6 Å². The van der Waals surface area contributed by atoms with Crippen LogP contribution in [0.15, 0.2) is 42.5 Å². The maximum absolute atomic E-state index is 13.7. The van der Waals surface area contributed by atoms with Crippen LogP contribution in [-0.2, 0) is 0 Å². The lowest BCUT2D eigenvalue weighted by atomic mass is 9.94. The fourth-order valence-electron chi connectivity index (χ4n) is 3.31. The summed E-state index contributed by atoms with van der Waals surface area (Å²) in [7, 11) is 0. The number of fused-ring (bicyclic) bond motifs is 1. The summed E-state index contributed by atoms with van der Waals surface area (Å²) in [5, 5.41) is 2.71. The van der Waals surface area contributed by atoms with Gasteiger partial charge in [0.15, 0.2) is 11.5 Å². The number of benzene rings is 2. The molecule has 0 saturated heterocycles. The molecular weight excluding hydrogens is 309 g/mol. The molecule has 4 rings (SSSR count). The molecule has 1 aliphatic heterocycles. The smallest absolute Gasteiger partial charge is 0.258 e. The van der Waals surface area contributed by atoms with Crippen LogP contribution in [0.3, 0.4) is 0 Å². The summed E-state index contributed by atoms with van der Waals surface area (Å²) in [6.45, 7) is 0. The van der Waals surface area contributed by atoms with Crippen molar-refractivity contribution in [3.05, 3.63) is 53.8 Å². The van der Waals surface area contributed by atoms with Crippen molar-refractivity contribution < 1.29 is 18.7 Å². The molecule has 0 atom stereocenters. The van der Waals surface area contributed by atoms with E-state index in [1.165, 1.54) is 18.6 Å². The number of halogens is 1. The van der Waals surface area contributed by atoms with Gasteiger partial charge in [-0.3, -0.25) is 4.79 Å². The van der Waals surface area contributed by atoms with Gasteiger partial charge in [-0.05, 0) is 37.1 Å². The van der Waals surface area contributed by atoms with E-state index in [2.05, 4.69) is 5.32 Å². The number of nitrogens with one attached hydrogen (secondary N) is 1. The van der Waals surface area contributed by atoms with Gasteiger partial charge in [0.2, 0.25) is 0 Å². The number of carbonyl (C=O) groups excluding carboxylic acids is 1. The van der Waals surface area contributed by atoms with Crippen molar-refractivity contribution in [2.24, 2.45) is 0 Å². The van der Waals surface area contributed by atoms with Crippen molar-refractivity contribution in [2.45, 2.75) is 37.9 Å². The number of ether oxygens (including phenoxy) is 2. The molecule has 1 N–H and O–H groups in total. The van der Waals surface area contributed by atoms with E-state index < -0.39 is 17.5 Å². The highest BCUT2D eigenvalue weighted by molar-refractivity contribution is 6.04. The Kier molecular flexibility index (Phi) is 3.63. The molecule has 2 aromatic rings. The Morgan fingerprint density at radius 2 is 1.75 bits per heavy atom. The van der Waals surface area contributed by atoms with Crippen LogP contribution in [0.25, 0.3) is 0 Å². The van der Waals surface area contributed by atoms with Gasteiger partial charge >= 0.3 is 0 Å². The van der Waals surface area contributed by atoms with Crippen molar-refractivity contribution in [1.82, 2.24) is 0 Å². The molecule has 1 spiro atoms. The van der Waals surface area contributed by atoms with Gasteiger partial charge in [0.1, 0.15) is 5.82 Å². The van der Waals surface area contributed by atoms with Crippen LogP contribution >= 0.6 is 0 Å². The van der Waals surface area contributed by atoms with E-state index in [4.69, 9.17) is 9.47 Å². The number of amides is 1. The van der Waals surface area contributed by atoms with Gasteiger partial charge in [-0.15, -0.1) is 0 Å². The van der Waals surface area contributed by atoms with E-state index >= 15 is 0 Å². The molecule has 1 aliphatic carbocycles. The highest BCUT2D eigenvalue weighted by Crippen LogP contribution is 2.46. The normalized spacial score (nSPS) is 17.7. The lowest BCUT2D eigenvalue weighted by Crippen LogP contribution is -2.40. The maximum atomic E-state index is 13.7. The molecule has 2 aliphatic rings. The fraction of sp³-hybridized carbons (Fsp3) is 0.316. The summed E-state index contributed by atoms with van der Waals surface area (Å²) >= 11 is 0. The summed E-state index contributed by atoms with van der Waals surface area (Å²) in [6, 6.07) is 11.2. The lowest BCUT2D eigenvalue weighted by molar-refractivity contribution is -0.105. The molecule has 24 heavy (non-hydrogen) atoms. The van der Waals surface area contributed by atoms with Gasteiger partial charge in [-0.2, -0.15) is 0 Å². The van der Waals surface area contributed by atoms with Crippen LogP contribution in [0.4, 0.5) is 10.1 Å². The van der Waals surface area contributed by atoms with E-state index in [9.17, 15) is 9.18 Å². The van der Waals surface area contributed by atoms with E-state index in [1.54, 1.807) is 30.3 Å². The van der Waals surface area contributed by atoms with Crippen LogP contribution < -0.4 is 14.8 Å². The molecule has 0 bridgehead atoms. The Bertz CT molecular complexity index is 784. The minimum absolute atomic E-state index is 0.0129. The monoisotopic (exact) mass is 327 g/mol. The van der Waals surface area contributed by atoms with Gasteiger partial charge in [0.25, 0.3) is 11.7 Å². The van der Waals surface area contributed by atoms with Crippen LogP contribution in [0.1, 0.15) is 42.5 Å². The molecule has 0 aromatic heterocycles. The van der Waals surface area contributed by atoms with Crippen LogP contribution in [-0.4, -0.2) is 11.7 Å². The number of hydrogen-bond donors (Lipinski definition) is 1. The van der Waals surface area contributed by atoms with Crippen molar-refractivity contribution in [3.8, 4) is 11.5 Å². The zero-order valence-corrected chi connectivity index (χ0v) is 13.2. The molecule has 1 saturated carbocycles. The van der Waals surface area contributed by atoms with E-state index in [1.807, 2.05) is 0 Å². The first-order valence-corrected chi connectivity index (χ1v) is 8.23. The van der Waals surface area contributed by atoms with Crippen molar-refractivity contribution in [1.29, 1.82) is 0 Å². The number of rotatable bonds is 2. The number of anilines is 1. The molecule has 2 aromatic carbocycles. The molecule has 0 radical (unpaired) electrons. The second-order valence-electron chi connectivity index (χ2n) is 6.27. The zero-order valence-electron chi connectivity index (χ0n) is 13.2. The third-order valence-electron chi connectivity index (χ3n) is 4.53. The van der Waals surface area contributed by atoms with E-state index in [0.717, 1.165) is 25.7 Å². The minimum atomic E-state index is -0.547. The fourth-order valence-corrected chi connectivity index (χ4v) is 3.31. The van der Waals surface area contributed by atoms with Crippen molar-refractivity contribution >= 4 is 11.6 Å². The van der Waals surface area contributed by atoms with Crippen LogP contribution in [0, 0.1) is 5.82 Å². The Labute approximate surface area is 139 Å². The predicted octanol–water partition coefficient (Wildman–Crippen LogP) is 4.51. The molecule has 1 amide bonds. The molecular formula is C19H18FNO3. The summed E-state index contributed by atoms with van der Waals surface area (Å²) < 4.78 is 25.7. The average molecular weight is 327 g/mol. The van der Waals surface area contributed by atoms with Crippen molar-refractivity contribution in [3.63, 3.8) is 0 Å². The summed E-state index contributed by atoms with van der Waals surface area (Å²) in [6.07, 6.45) is 5.13. The zero-order chi connectivity index (χ0) is 16.6. The molecule has 1 heterocycles. The topological polar surface area (TPSA) is 47.6 Å². The Morgan fingerprint density at radius 3 is 2.54 bits per heavy atom. The average Bonchev–Trinajstić information content (AvgIpc) is 2.92. The highest BCUT2D eigenvalue weighted by atomic mass is 19.1. The quantitative estimate of drug-likeness (QED) is 0.883. The first-order valence-electron chi connectivity index (χ1n) is 8.23. The van der Waals surface area contributed by atoms with E-state index in [0.29, 0.717) is 17.2 Å². The largest absolute Gasteiger partial charge is 0.448 e. The Balaban J connectivity index is 1.52. The van der Waals surface area contributed by atoms with Gasteiger partial charge in [-0.25, -0.2) is 4.39 Å². The number of hydrogen-bond acceptors (Lipinski definition) is 3. The van der Waals surface area contributed by atoms with Crippen LogP contribution in [0.2, 0.25) is 0 Å². The highest BCUT2D eigenvalue weighted by Gasteiger charge is 2.42. The first kappa shape index (κ1) is 15.0. The van der Waals surface area contributed by atoms with Gasteiger partial charge in [0.05, 0.1) is 5.56 Å². The third-order valence-corrected chi connectivity index (χ3v) is 4.53.